The number of rotatable bonds is 7. The first-order chi connectivity index (χ1) is 17.7. The van der Waals surface area contributed by atoms with Gasteiger partial charge in [-0.15, -0.1) is 11.3 Å². The van der Waals surface area contributed by atoms with Gasteiger partial charge in [-0.1, -0.05) is 57.1 Å². The fourth-order valence-corrected chi connectivity index (χ4v) is 4.92. The number of aliphatic hydroxyl groups excluding tert-OH is 1. The highest BCUT2D eigenvalue weighted by atomic mass is 32.1. The Kier molecular flexibility index (Phi) is 11.9. The van der Waals surface area contributed by atoms with E-state index < -0.39 is 6.10 Å². The minimum atomic E-state index is -0.391. The second-order valence-electron chi connectivity index (χ2n) is 9.21. The van der Waals surface area contributed by atoms with Crippen LogP contribution in [0.5, 0.6) is 0 Å². The van der Waals surface area contributed by atoms with Crippen molar-refractivity contribution < 1.29 is 19.2 Å². The Hall–Kier alpha value is -3.04. The van der Waals surface area contributed by atoms with Crippen LogP contribution in [0.15, 0.2) is 40.4 Å². The minimum absolute atomic E-state index is 0.0256. The average Bonchev–Trinajstić information content (AvgIpc) is 3.62. The zero-order valence-corrected chi connectivity index (χ0v) is 23.7. The number of aliphatic hydroxyl groups is 1. The summed E-state index contributed by atoms with van der Waals surface area (Å²) < 4.78 is 5.24. The first-order valence-electron chi connectivity index (χ1n) is 12.8. The van der Waals surface area contributed by atoms with Crippen molar-refractivity contribution in [2.24, 2.45) is 5.92 Å². The van der Waals surface area contributed by atoms with Crippen LogP contribution >= 0.6 is 11.3 Å². The molecule has 2 N–H and O–H groups in total. The largest absolute Gasteiger partial charge is 0.391 e. The number of aromatic nitrogens is 2. The van der Waals surface area contributed by atoms with E-state index in [0.29, 0.717) is 25.3 Å². The van der Waals surface area contributed by atoms with E-state index in [4.69, 9.17) is 4.52 Å². The molecule has 3 unspecified atom stereocenters. The van der Waals surface area contributed by atoms with Gasteiger partial charge in [-0.05, 0) is 44.2 Å². The van der Waals surface area contributed by atoms with E-state index in [1.807, 2.05) is 72.2 Å². The van der Waals surface area contributed by atoms with Crippen molar-refractivity contribution in [3.8, 4) is 10.4 Å². The van der Waals surface area contributed by atoms with Crippen molar-refractivity contribution in [2.45, 2.75) is 73.0 Å². The van der Waals surface area contributed by atoms with E-state index in [-0.39, 0.29) is 23.8 Å². The summed E-state index contributed by atoms with van der Waals surface area (Å²) >= 11 is 1.64. The number of nitrogens with zero attached hydrogens (tertiary/aromatic N) is 3. The summed E-state index contributed by atoms with van der Waals surface area (Å²) in [5.74, 6) is 0.477. The predicted octanol–water partition coefficient (Wildman–Crippen LogP) is 5.27. The molecule has 2 amide bonds. The van der Waals surface area contributed by atoms with Crippen LogP contribution in [-0.4, -0.2) is 51.7 Å². The highest BCUT2D eigenvalue weighted by Gasteiger charge is 2.34. The molecule has 3 heterocycles. The van der Waals surface area contributed by atoms with E-state index >= 15 is 0 Å². The number of nitrogens with one attached hydrogen (secondary N) is 1. The van der Waals surface area contributed by atoms with Crippen LogP contribution in [0.3, 0.4) is 0 Å². The molecule has 1 aromatic carbocycles. The van der Waals surface area contributed by atoms with Crippen LogP contribution in [0.1, 0.15) is 75.7 Å². The second kappa shape index (κ2) is 14.6. The first-order valence-corrected chi connectivity index (χ1v) is 13.7. The Bertz CT molecular complexity index is 1110. The van der Waals surface area contributed by atoms with Gasteiger partial charge in [0.05, 0.1) is 33.9 Å². The monoisotopic (exact) mass is 528 g/mol. The van der Waals surface area contributed by atoms with Crippen molar-refractivity contribution >= 4 is 23.7 Å². The molecule has 0 radical (unpaired) electrons. The second-order valence-corrected chi connectivity index (χ2v) is 10.1. The van der Waals surface area contributed by atoms with Crippen molar-refractivity contribution in [1.82, 2.24) is 20.4 Å². The summed E-state index contributed by atoms with van der Waals surface area (Å²) in [4.78, 5) is 30.0. The molecule has 3 atom stereocenters. The van der Waals surface area contributed by atoms with Crippen molar-refractivity contribution in [2.75, 3.05) is 13.1 Å². The molecule has 1 aliphatic rings. The molecule has 9 heteroatoms. The number of thiazole rings is 1. The summed E-state index contributed by atoms with van der Waals surface area (Å²) in [5.41, 5.74) is 5.97. The number of carbonyl (C=O) groups is 2. The molecule has 1 fully saturated rings. The summed E-state index contributed by atoms with van der Waals surface area (Å²) in [6.45, 7) is 14.8. The van der Waals surface area contributed by atoms with Crippen molar-refractivity contribution in [3.63, 3.8) is 0 Å². The smallest absolute Gasteiger partial charge is 0.233 e. The van der Waals surface area contributed by atoms with Gasteiger partial charge in [-0.3, -0.25) is 9.59 Å². The Labute approximate surface area is 224 Å². The van der Waals surface area contributed by atoms with Crippen LogP contribution < -0.4 is 5.32 Å². The zero-order valence-electron chi connectivity index (χ0n) is 22.9. The Morgan fingerprint density at radius 3 is 2.35 bits per heavy atom. The van der Waals surface area contributed by atoms with E-state index in [0.717, 1.165) is 23.4 Å². The average molecular weight is 529 g/mol. The van der Waals surface area contributed by atoms with Gasteiger partial charge in [0.25, 0.3) is 0 Å². The topological polar surface area (TPSA) is 109 Å². The maximum atomic E-state index is 12.5. The quantitative estimate of drug-likeness (QED) is 0.405. The number of aryl methyl sites for hydroxylation is 2. The van der Waals surface area contributed by atoms with Crippen LogP contribution in [-0.2, 0) is 9.59 Å². The third-order valence-corrected chi connectivity index (χ3v) is 7.07. The van der Waals surface area contributed by atoms with E-state index in [1.165, 1.54) is 10.4 Å². The molecule has 0 bridgehead atoms. The van der Waals surface area contributed by atoms with Gasteiger partial charge in [0.15, 0.2) is 0 Å². The van der Waals surface area contributed by atoms with Crippen LogP contribution in [0.4, 0.5) is 0 Å². The molecule has 0 spiro atoms. The Morgan fingerprint density at radius 1 is 1.22 bits per heavy atom. The molecular formula is C28H40N4O4S. The summed E-state index contributed by atoms with van der Waals surface area (Å²) in [6.07, 6.45) is 0.996. The van der Waals surface area contributed by atoms with Gasteiger partial charge in [0.1, 0.15) is 11.7 Å². The maximum absolute atomic E-state index is 12.5. The Morgan fingerprint density at radius 2 is 1.89 bits per heavy atom. The number of benzene rings is 1. The fraction of sp³-hybridized carbons (Fsp3) is 0.500. The van der Waals surface area contributed by atoms with E-state index in [1.54, 1.807) is 16.2 Å². The first kappa shape index (κ1) is 30.2. The normalized spacial score (nSPS) is 16.2. The van der Waals surface area contributed by atoms with Crippen LogP contribution in [0.2, 0.25) is 0 Å². The number of carbonyl (C=O) groups excluding carboxylic acids is 2. The fourth-order valence-electron chi connectivity index (χ4n) is 4.10. The molecule has 3 aromatic rings. The molecule has 0 saturated carbocycles. The van der Waals surface area contributed by atoms with Gasteiger partial charge in [-0.25, -0.2) is 4.98 Å². The van der Waals surface area contributed by atoms with Gasteiger partial charge in [-0.2, -0.15) is 0 Å². The lowest BCUT2D eigenvalue weighted by molar-refractivity contribution is -0.133. The highest BCUT2D eigenvalue weighted by Crippen LogP contribution is 2.29. The van der Waals surface area contributed by atoms with E-state index in [2.05, 4.69) is 27.6 Å². The maximum Gasteiger partial charge on any atom is 0.233 e. The lowest BCUT2D eigenvalue weighted by Crippen LogP contribution is -2.35. The molecule has 1 aliphatic heterocycles. The predicted molar refractivity (Wildman–Crippen MR) is 147 cm³/mol. The lowest BCUT2D eigenvalue weighted by atomic mass is 9.91. The molecule has 2 aromatic heterocycles. The molecule has 4 rings (SSSR count). The highest BCUT2D eigenvalue weighted by molar-refractivity contribution is 7.13. The molecule has 37 heavy (non-hydrogen) atoms. The molecule has 0 aliphatic carbocycles. The van der Waals surface area contributed by atoms with Crippen molar-refractivity contribution in [1.29, 1.82) is 0 Å². The van der Waals surface area contributed by atoms with Gasteiger partial charge in [0.2, 0.25) is 12.3 Å². The third kappa shape index (κ3) is 8.23. The number of amides is 2. The van der Waals surface area contributed by atoms with Gasteiger partial charge >= 0.3 is 0 Å². The molecule has 8 nitrogen and oxygen atoms in total. The number of hydrogen-bond donors (Lipinski definition) is 2. The molecular weight excluding hydrogens is 488 g/mol. The van der Waals surface area contributed by atoms with Crippen molar-refractivity contribution in [3.05, 3.63) is 58.6 Å². The summed E-state index contributed by atoms with van der Waals surface area (Å²) in [6, 6.07) is 10.1. The Balaban J connectivity index is 0.000000244. The number of β-amino-alcohol motifs (C(OH)–C–C–N with tert-alkyl or cyclic N) is 1. The van der Waals surface area contributed by atoms with Gasteiger partial charge < -0.3 is 19.8 Å². The summed E-state index contributed by atoms with van der Waals surface area (Å²) in [7, 11) is 0. The molecule has 1 saturated heterocycles. The lowest BCUT2D eigenvalue weighted by Gasteiger charge is -2.23. The zero-order chi connectivity index (χ0) is 27.5. The van der Waals surface area contributed by atoms with E-state index in [9.17, 15) is 14.7 Å². The number of likely N-dealkylation sites (tertiary alicyclic amines) is 1. The SMILES string of the molecule is CC.Cc1cc(C(C(=O)N2CCC(O)C2)C(C)C)on1.Cc1ncsc1-c1ccc(C(C)NC=O)cc1. The van der Waals surface area contributed by atoms with Crippen LogP contribution in [0.25, 0.3) is 10.4 Å². The van der Waals surface area contributed by atoms with Gasteiger partial charge in [0, 0.05) is 19.2 Å². The standard InChI is InChI=1S/C13H20N2O3.C13H14N2OS.C2H6/c1-8(2)12(11-6-9(3)14-18-11)13(17)15-5-4-10(16)7-15;1-9(14-7-16)11-3-5-12(6-4-11)13-10(2)15-8-17-13;1-2/h6,8,10,12,16H,4-5,7H2,1-3H3;3-9H,1-2H3,(H,14,16);1-2H3. The third-order valence-electron chi connectivity index (χ3n) is 6.10. The minimum Gasteiger partial charge on any atom is -0.391 e. The number of hydrogen-bond acceptors (Lipinski definition) is 7. The summed E-state index contributed by atoms with van der Waals surface area (Å²) in [5, 5.41) is 16.1. The molecule has 202 valence electrons. The van der Waals surface area contributed by atoms with Crippen LogP contribution in [0, 0.1) is 19.8 Å².